The summed E-state index contributed by atoms with van der Waals surface area (Å²) >= 11 is 0. The molecule has 1 heterocycles. The van der Waals surface area contributed by atoms with Crippen molar-refractivity contribution in [3.63, 3.8) is 0 Å². The van der Waals surface area contributed by atoms with Crippen LogP contribution in [0.2, 0.25) is 0 Å². The van der Waals surface area contributed by atoms with Crippen molar-refractivity contribution in [2.75, 3.05) is 0 Å². The molecule has 0 saturated carbocycles. The molecule has 0 saturated heterocycles. The summed E-state index contributed by atoms with van der Waals surface area (Å²) in [7, 11) is 0. The Bertz CT molecular complexity index is 846. The van der Waals surface area contributed by atoms with E-state index in [1.165, 1.54) is 0 Å². The Kier molecular flexibility index (Phi) is 4.39. The number of aromatic nitrogens is 1. The van der Waals surface area contributed by atoms with E-state index in [-0.39, 0.29) is 5.91 Å². The highest BCUT2D eigenvalue weighted by Gasteiger charge is 2.19. The van der Waals surface area contributed by atoms with Gasteiger partial charge in [0.15, 0.2) is 0 Å². The van der Waals surface area contributed by atoms with Gasteiger partial charge in [-0.2, -0.15) is 5.26 Å². The van der Waals surface area contributed by atoms with E-state index in [2.05, 4.69) is 16.4 Å². The molecule has 0 radical (unpaired) electrons. The van der Waals surface area contributed by atoms with Crippen molar-refractivity contribution in [1.82, 2.24) is 10.3 Å². The number of benzene rings is 2. The monoisotopic (exact) mass is 303 g/mol. The molecule has 0 aliphatic rings. The van der Waals surface area contributed by atoms with Gasteiger partial charge >= 0.3 is 0 Å². The maximum absolute atomic E-state index is 12.3. The highest BCUT2D eigenvalue weighted by molar-refractivity contribution is 5.85. The second-order valence-electron chi connectivity index (χ2n) is 5.45. The molecule has 0 aliphatic carbocycles. The molecule has 1 aromatic heterocycles. The lowest BCUT2D eigenvalue weighted by Gasteiger charge is -2.10. The zero-order valence-electron chi connectivity index (χ0n) is 12.6. The van der Waals surface area contributed by atoms with Crippen LogP contribution in [0, 0.1) is 17.2 Å². The predicted molar refractivity (Wildman–Crippen MR) is 89.4 cm³/mol. The Morgan fingerprint density at radius 3 is 2.65 bits per heavy atom. The lowest BCUT2D eigenvalue weighted by atomic mass is 9.99. The molecule has 0 spiro atoms. The summed E-state index contributed by atoms with van der Waals surface area (Å²) in [5.74, 6) is -0.931. The van der Waals surface area contributed by atoms with E-state index < -0.39 is 5.92 Å². The van der Waals surface area contributed by atoms with Crippen molar-refractivity contribution in [2.45, 2.75) is 13.0 Å². The van der Waals surface area contributed by atoms with Crippen molar-refractivity contribution < 1.29 is 4.79 Å². The van der Waals surface area contributed by atoms with Crippen LogP contribution in [0.3, 0.4) is 0 Å². The number of nitrogens with one attached hydrogen (secondary N) is 2. The molecular weight excluding hydrogens is 286 g/mol. The van der Waals surface area contributed by atoms with Gasteiger partial charge in [-0.05, 0) is 23.6 Å². The smallest absolute Gasteiger partial charge is 0.237 e. The lowest BCUT2D eigenvalue weighted by Crippen LogP contribution is -2.30. The molecule has 23 heavy (non-hydrogen) atoms. The fraction of sp³-hybridized carbons (Fsp3) is 0.158. The van der Waals surface area contributed by atoms with Crippen LogP contribution in [0.25, 0.3) is 10.9 Å². The van der Waals surface area contributed by atoms with Crippen molar-refractivity contribution >= 4 is 16.8 Å². The number of fused-ring (bicyclic) bond motifs is 1. The average Bonchev–Trinajstić information content (AvgIpc) is 3.01. The first-order valence-corrected chi connectivity index (χ1v) is 7.54. The van der Waals surface area contributed by atoms with Gasteiger partial charge in [0.2, 0.25) is 5.91 Å². The molecule has 3 aromatic rings. The summed E-state index contributed by atoms with van der Waals surface area (Å²) < 4.78 is 0. The first kappa shape index (κ1) is 14.9. The van der Waals surface area contributed by atoms with Crippen molar-refractivity contribution in [2.24, 2.45) is 5.92 Å². The summed E-state index contributed by atoms with van der Waals surface area (Å²) in [6.07, 6.45) is 2.28. The van der Waals surface area contributed by atoms with Crippen molar-refractivity contribution in [1.29, 1.82) is 5.26 Å². The van der Waals surface area contributed by atoms with Crippen LogP contribution >= 0.6 is 0 Å². The van der Waals surface area contributed by atoms with E-state index >= 15 is 0 Å². The molecule has 1 atom stereocenters. The third kappa shape index (κ3) is 3.41. The second kappa shape index (κ2) is 6.80. The van der Waals surface area contributed by atoms with Gasteiger partial charge in [0.05, 0.1) is 6.07 Å². The van der Waals surface area contributed by atoms with Gasteiger partial charge in [-0.1, -0.05) is 48.5 Å². The van der Waals surface area contributed by atoms with E-state index in [0.29, 0.717) is 13.0 Å². The minimum atomic E-state index is -0.696. The van der Waals surface area contributed by atoms with Crippen LogP contribution in [-0.4, -0.2) is 10.9 Å². The van der Waals surface area contributed by atoms with Crippen molar-refractivity contribution in [3.05, 3.63) is 71.9 Å². The quantitative estimate of drug-likeness (QED) is 0.760. The number of carbonyl (C=O) groups is 1. The van der Waals surface area contributed by atoms with Gasteiger partial charge in [-0.3, -0.25) is 4.79 Å². The number of H-pyrrole nitrogens is 1. The molecule has 1 amide bonds. The van der Waals surface area contributed by atoms with Crippen LogP contribution in [0.1, 0.15) is 11.1 Å². The minimum absolute atomic E-state index is 0.235. The normalized spacial score (nSPS) is 11.8. The summed E-state index contributed by atoms with van der Waals surface area (Å²) in [6.45, 7) is 0.436. The van der Waals surface area contributed by atoms with Gasteiger partial charge < -0.3 is 10.3 Å². The number of nitriles is 1. The first-order chi connectivity index (χ1) is 11.3. The molecule has 4 heteroatoms. The summed E-state index contributed by atoms with van der Waals surface area (Å²) in [6, 6.07) is 19.7. The highest BCUT2D eigenvalue weighted by Crippen LogP contribution is 2.20. The maximum Gasteiger partial charge on any atom is 0.237 e. The van der Waals surface area contributed by atoms with Gasteiger partial charge in [0, 0.05) is 23.6 Å². The number of amides is 1. The van der Waals surface area contributed by atoms with Gasteiger partial charge in [-0.15, -0.1) is 0 Å². The van der Waals surface area contributed by atoms with Gasteiger partial charge in [0.25, 0.3) is 0 Å². The maximum atomic E-state index is 12.3. The topological polar surface area (TPSA) is 68.7 Å². The molecule has 4 nitrogen and oxygen atoms in total. The highest BCUT2D eigenvalue weighted by atomic mass is 16.1. The van der Waals surface area contributed by atoms with Crippen LogP contribution in [0.15, 0.2) is 60.8 Å². The van der Waals surface area contributed by atoms with Crippen LogP contribution in [0.5, 0.6) is 0 Å². The van der Waals surface area contributed by atoms with E-state index in [1.807, 2.05) is 60.8 Å². The number of hydrogen-bond acceptors (Lipinski definition) is 2. The van der Waals surface area contributed by atoms with Crippen LogP contribution in [-0.2, 0) is 17.8 Å². The molecule has 0 unspecified atom stereocenters. The molecule has 2 aromatic carbocycles. The fourth-order valence-electron chi connectivity index (χ4n) is 2.63. The lowest BCUT2D eigenvalue weighted by molar-refractivity contribution is -0.123. The van der Waals surface area contributed by atoms with Gasteiger partial charge in [-0.25, -0.2) is 0 Å². The Morgan fingerprint density at radius 1 is 1.13 bits per heavy atom. The number of hydrogen-bond donors (Lipinski definition) is 2. The molecule has 0 fully saturated rings. The summed E-state index contributed by atoms with van der Waals surface area (Å²) in [5, 5.41) is 13.2. The second-order valence-corrected chi connectivity index (χ2v) is 5.45. The number of nitrogens with zero attached hydrogens (tertiary/aromatic N) is 1. The Balaban J connectivity index is 1.68. The molecule has 0 bridgehead atoms. The fourth-order valence-corrected chi connectivity index (χ4v) is 2.63. The summed E-state index contributed by atoms with van der Waals surface area (Å²) in [4.78, 5) is 15.4. The Labute approximate surface area is 134 Å². The van der Waals surface area contributed by atoms with E-state index in [9.17, 15) is 10.1 Å². The number of aromatic amines is 1. The average molecular weight is 303 g/mol. The largest absolute Gasteiger partial charge is 0.361 e. The SMILES string of the molecule is N#C[C@@H](Cc1c[nH]c2ccccc12)C(=O)NCc1ccccc1. The first-order valence-electron chi connectivity index (χ1n) is 7.54. The predicted octanol–water partition coefficient (Wildman–Crippen LogP) is 3.17. The zero-order chi connectivity index (χ0) is 16.1. The van der Waals surface area contributed by atoms with Gasteiger partial charge in [0.1, 0.15) is 5.92 Å². The Morgan fingerprint density at radius 2 is 1.87 bits per heavy atom. The van der Waals surface area contributed by atoms with E-state index in [4.69, 9.17) is 0 Å². The van der Waals surface area contributed by atoms with Crippen LogP contribution in [0.4, 0.5) is 0 Å². The Hall–Kier alpha value is -3.06. The van der Waals surface area contributed by atoms with E-state index in [1.54, 1.807) is 0 Å². The third-order valence-electron chi connectivity index (χ3n) is 3.88. The standard InChI is InChI=1S/C19H17N3O/c20-11-15(19(23)22-12-14-6-2-1-3-7-14)10-16-13-21-18-9-5-4-8-17(16)18/h1-9,13,15,21H,10,12H2,(H,22,23)/t15-/m1/s1. The summed E-state index contributed by atoms with van der Waals surface area (Å²) in [5.41, 5.74) is 3.02. The zero-order valence-corrected chi connectivity index (χ0v) is 12.6. The third-order valence-corrected chi connectivity index (χ3v) is 3.88. The molecular formula is C19H17N3O. The number of rotatable bonds is 5. The number of para-hydroxylation sites is 1. The molecule has 3 rings (SSSR count). The van der Waals surface area contributed by atoms with E-state index in [0.717, 1.165) is 22.0 Å². The molecule has 2 N–H and O–H groups in total. The minimum Gasteiger partial charge on any atom is -0.361 e. The molecule has 114 valence electrons. The van der Waals surface area contributed by atoms with Crippen LogP contribution < -0.4 is 5.32 Å². The number of carbonyl (C=O) groups excluding carboxylic acids is 1. The van der Waals surface area contributed by atoms with Crippen molar-refractivity contribution in [3.8, 4) is 6.07 Å². The molecule has 0 aliphatic heterocycles.